The molecule has 7 heteroatoms. The predicted octanol–water partition coefficient (Wildman–Crippen LogP) is 1.37. The Morgan fingerprint density at radius 1 is 0.429 bits per heavy atom. The Hall–Kier alpha value is 3.13. The summed E-state index contributed by atoms with van der Waals surface area (Å²) in [6, 6.07) is 0. The molecule has 3 nitrogen and oxygen atoms in total. The van der Waals surface area contributed by atoms with Crippen LogP contribution in [0.4, 0.5) is 0 Å². The van der Waals surface area contributed by atoms with Crippen molar-refractivity contribution in [3.63, 3.8) is 0 Å². The van der Waals surface area contributed by atoms with Gasteiger partial charge in [-0.3, -0.25) is 0 Å². The van der Waals surface area contributed by atoms with Crippen molar-refractivity contribution in [3.05, 3.63) is 0 Å². The summed E-state index contributed by atoms with van der Waals surface area (Å²) in [7, 11) is 0. The third-order valence-corrected chi connectivity index (χ3v) is 0. The Bertz CT molecular complexity index is 10.9. The summed E-state index contributed by atoms with van der Waals surface area (Å²) in [5, 5.41) is 0. The van der Waals surface area contributed by atoms with Crippen molar-refractivity contribution in [2.24, 2.45) is 0 Å². The molecule has 0 heterocycles. The molecule has 0 aromatic carbocycles. The average Bonchev–Trinajstić information content (AvgIpc) is 0. The van der Waals surface area contributed by atoms with Crippen molar-refractivity contribution in [2.75, 3.05) is 0 Å². The molecule has 0 aliphatic heterocycles. The van der Waals surface area contributed by atoms with E-state index in [-0.39, 0.29) is 107 Å². The van der Waals surface area contributed by atoms with Crippen LogP contribution in [0, 0.1) is 71.2 Å². The molecule has 0 fully saturated rings. The fourth-order valence-corrected chi connectivity index (χ4v) is 0. The normalized spacial score (nSPS) is 0. The molecule has 6 radical (unpaired) electrons. The van der Waals surface area contributed by atoms with Gasteiger partial charge >= 0.3 is 71.2 Å². The quantitative estimate of drug-likeness (QED) is 0.562. The molecule has 0 aromatic heterocycles. The molecule has 0 atom stereocenters. The van der Waals surface area contributed by atoms with E-state index in [0.29, 0.717) is 0 Å². The van der Waals surface area contributed by atoms with Gasteiger partial charge in [0.05, 0.1) is 0 Å². The maximum atomic E-state index is 0. The molecule has 0 aliphatic carbocycles. The van der Waals surface area contributed by atoms with E-state index >= 15 is 0 Å². The van der Waals surface area contributed by atoms with Crippen LogP contribution in [0.3, 0.4) is 0 Å². The van der Waals surface area contributed by atoms with E-state index in [4.69, 9.17) is 0 Å². The Labute approximate surface area is 106 Å². The number of hydrogen-bond donors (Lipinski definition) is 0. The van der Waals surface area contributed by atoms with Crippen LogP contribution in [0.25, 0.3) is 0 Å². The van der Waals surface area contributed by atoms with Gasteiger partial charge in [-0.2, -0.15) is 0 Å². The molecule has 0 saturated heterocycles. The van der Waals surface area contributed by atoms with E-state index < -0.39 is 0 Å². The van der Waals surface area contributed by atoms with Gasteiger partial charge in [0.25, 0.3) is 0 Å². The van der Waals surface area contributed by atoms with Crippen LogP contribution in [0.15, 0.2) is 0 Å². The predicted molar refractivity (Wildman–Crippen MR) is 15.9 cm³/mol. The van der Waals surface area contributed by atoms with Crippen molar-refractivity contribution in [1.29, 1.82) is 0 Å². The van der Waals surface area contributed by atoms with Crippen molar-refractivity contribution < 1.29 is 87.6 Å². The van der Waals surface area contributed by atoms with Crippen LogP contribution in [0.1, 0.15) is 0 Å². The van der Waals surface area contributed by atoms with Gasteiger partial charge in [-0.15, -0.1) is 0 Å². The van der Waals surface area contributed by atoms with Crippen molar-refractivity contribution >= 4 is 19.8 Å². The smallest absolute Gasteiger partial charge is 2.00 e. The number of hydrogen-bond acceptors (Lipinski definition) is 0. The van der Waals surface area contributed by atoms with Crippen molar-refractivity contribution in [2.45, 2.75) is 0 Å². The second-order valence-electron chi connectivity index (χ2n) is 0. The van der Waals surface area contributed by atoms with Crippen LogP contribution < -0.4 is 0 Å². The van der Waals surface area contributed by atoms with Gasteiger partial charge in [0, 0.05) is 19.8 Å². The Balaban J connectivity index is 0. The van der Waals surface area contributed by atoms with Gasteiger partial charge in [-0.25, -0.2) is 0 Å². The van der Waals surface area contributed by atoms with E-state index in [9.17, 15) is 0 Å². The van der Waals surface area contributed by atoms with Gasteiger partial charge in [-0.05, 0) is 0 Å². The Morgan fingerprint density at radius 2 is 0.429 bits per heavy atom. The minimum absolute atomic E-state index is 0. The summed E-state index contributed by atoms with van der Waals surface area (Å²) in [6.45, 7) is 0. The molecule has 34 valence electrons. The maximum Gasteiger partial charge on any atom is 3.00 e. The monoisotopic (exact) mass is 388 g/mol. The van der Waals surface area contributed by atoms with Crippen molar-refractivity contribution in [1.82, 2.24) is 0 Å². The zero-order valence-electron chi connectivity index (χ0n) is 3.27. The molecular weight excluding hydrogens is 388 g/mol. The van der Waals surface area contributed by atoms with Crippen LogP contribution >= 0.6 is 19.8 Å². The van der Waals surface area contributed by atoms with E-state index in [1.54, 1.807) is 0 Å². The Morgan fingerprint density at radius 3 is 0.429 bits per heavy atom. The van der Waals surface area contributed by atoms with Crippen molar-refractivity contribution in [3.8, 4) is 0 Å². The molecule has 0 rings (SSSR count). The standard InChI is InChI=1S/2La.3O.2P/q2*+3;3*-2;;. The molecule has 0 amide bonds. The molecule has 0 aromatic rings. The fourth-order valence-electron chi connectivity index (χ4n) is 0. The zero-order chi connectivity index (χ0) is 0. The maximum absolute atomic E-state index is 0. The first-order valence-corrected chi connectivity index (χ1v) is 0. The van der Waals surface area contributed by atoms with E-state index in [2.05, 4.69) is 0 Å². The Kier molecular flexibility index (Phi) is 759. The summed E-state index contributed by atoms with van der Waals surface area (Å²) < 4.78 is 0. The summed E-state index contributed by atoms with van der Waals surface area (Å²) in [5.41, 5.74) is 0. The third-order valence-electron chi connectivity index (χ3n) is 0. The van der Waals surface area contributed by atoms with E-state index in [0.717, 1.165) is 0 Å². The molecule has 0 bridgehead atoms. The van der Waals surface area contributed by atoms with Gasteiger partial charge in [-0.1, -0.05) is 0 Å². The molecule has 0 aliphatic rings. The molecule has 7 heavy (non-hydrogen) atoms. The van der Waals surface area contributed by atoms with E-state index in [1.807, 2.05) is 0 Å². The third kappa shape index (κ3) is 47.4. The topological polar surface area (TPSA) is 85.5 Å². The summed E-state index contributed by atoms with van der Waals surface area (Å²) in [4.78, 5) is 0. The summed E-state index contributed by atoms with van der Waals surface area (Å²) in [6.07, 6.45) is 0. The minimum atomic E-state index is 0. The second kappa shape index (κ2) is 61.6. The molecule has 0 spiro atoms. The summed E-state index contributed by atoms with van der Waals surface area (Å²) >= 11 is 0. The first kappa shape index (κ1) is 86.2. The van der Waals surface area contributed by atoms with Gasteiger partial charge in [0.1, 0.15) is 0 Å². The fraction of sp³-hybridized carbons (Fsp3) is 0. The second-order valence-corrected chi connectivity index (χ2v) is 0. The SMILES string of the molecule is [La+3].[La+3].[O-2].[O-2].[O-2].[P].[P]. The average molecular weight is 388 g/mol. The molecule has 0 unspecified atom stereocenters. The molecule has 0 saturated carbocycles. The minimum Gasteiger partial charge on any atom is -2.00 e. The summed E-state index contributed by atoms with van der Waals surface area (Å²) in [5.74, 6) is 0. The van der Waals surface area contributed by atoms with Crippen LogP contribution in [-0.2, 0) is 16.4 Å². The van der Waals surface area contributed by atoms with Gasteiger partial charge in [0.15, 0.2) is 0 Å². The van der Waals surface area contributed by atoms with Gasteiger partial charge < -0.3 is 16.4 Å². The zero-order valence-corrected chi connectivity index (χ0v) is 12.3. The van der Waals surface area contributed by atoms with Crippen LogP contribution in [-0.4, -0.2) is 0 Å². The molecule has 0 N–H and O–H groups in total. The largest absolute Gasteiger partial charge is 3.00 e. The first-order valence-electron chi connectivity index (χ1n) is 0. The van der Waals surface area contributed by atoms with Crippen LogP contribution in [0.2, 0.25) is 0 Å². The number of rotatable bonds is 0. The first-order chi connectivity index (χ1) is 0. The van der Waals surface area contributed by atoms with E-state index in [1.165, 1.54) is 0 Å². The van der Waals surface area contributed by atoms with Gasteiger partial charge in [0.2, 0.25) is 0 Å². The molecular formula is La2O3P2. The van der Waals surface area contributed by atoms with Crippen LogP contribution in [0.5, 0.6) is 0 Å².